The number of halogens is 1. The summed E-state index contributed by atoms with van der Waals surface area (Å²) in [5, 5.41) is 3.47. The highest BCUT2D eigenvalue weighted by Crippen LogP contribution is 2.27. The van der Waals surface area contributed by atoms with Crippen LogP contribution in [0.4, 0.5) is 5.69 Å². The zero-order valence-electron chi connectivity index (χ0n) is 11.8. The number of hydrogen-bond donors (Lipinski definition) is 1. The first-order chi connectivity index (χ1) is 9.49. The van der Waals surface area contributed by atoms with Crippen molar-refractivity contribution < 1.29 is 9.59 Å². The lowest BCUT2D eigenvalue weighted by atomic mass is 10.2. The molecule has 1 aromatic carbocycles. The topological polar surface area (TPSA) is 49.4 Å². The van der Waals surface area contributed by atoms with Crippen molar-refractivity contribution >= 4 is 29.1 Å². The summed E-state index contributed by atoms with van der Waals surface area (Å²) >= 11 is 6.01. The van der Waals surface area contributed by atoms with Crippen molar-refractivity contribution in [3.8, 4) is 0 Å². The maximum Gasteiger partial charge on any atom is 0.226 e. The number of carbonyl (C=O) groups is 2. The molecular weight excluding hydrogens is 276 g/mol. The molecule has 1 aliphatic carbocycles. The average molecular weight is 295 g/mol. The van der Waals surface area contributed by atoms with Gasteiger partial charge >= 0.3 is 0 Å². The Morgan fingerprint density at radius 2 is 2.10 bits per heavy atom. The van der Waals surface area contributed by atoms with Crippen molar-refractivity contribution in [1.29, 1.82) is 0 Å². The first kappa shape index (κ1) is 14.9. The highest BCUT2D eigenvalue weighted by atomic mass is 35.5. The molecule has 1 saturated carbocycles. The summed E-state index contributed by atoms with van der Waals surface area (Å²) in [6.07, 6.45) is 2.41. The Bertz CT molecular complexity index is 527. The van der Waals surface area contributed by atoms with Crippen LogP contribution in [0.25, 0.3) is 0 Å². The fraction of sp³-hybridized carbons (Fsp3) is 0.467. The summed E-state index contributed by atoms with van der Waals surface area (Å²) in [6.45, 7) is 3.90. The van der Waals surface area contributed by atoms with Crippen molar-refractivity contribution in [1.82, 2.24) is 4.90 Å². The maximum absolute atomic E-state index is 12.0. The fourth-order valence-corrected chi connectivity index (χ4v) is 2.34. The Hall–Kier alpha value is -1.55. The number of anilines is 1. The summed E-state index contributed by atoms with van der Waals surface area (Å²) in [4.78, 5) is 25.2. The molecule has 1 aliphatic rings. The standard InChI is InChI=1S/C15H19ClN2O2/c1-10-13(16)4-3-5-14(10)17-15(20)8-9-18(11(2)19)12-6-7-12/h3-5,12H,6-9H2,1-2H3,(H,17,20). The number of rotatable bonds is 5. The van der Waals surface area contributed by atoms with Crippen LogP contribution in [-0.2, 0) is 9.59 Å². The summed E-state index contributed by atoms with van der Waals surface area (Å²) < 4.78 is 0. The van der Waals surface area contributed by atoms with Gasteiger partial charge in [-0.3, -0.25) is 9.59 Å². The van der Waals surface area contributed by atoms with Gasteiger partial charge in [-0.2, -0.15) is 0 Å². The summed E-state index contributed by atoms with van der Waals surface area (Å²) in [6, 6.07) is 5.75. The lowest BCUT2D eigenvalue weighted by molar-refractivity contribution is -0.129. The van der Waals surface area contributed by atoms with E-state index in [2.05, 4.69) is 5.32 Å². The van der Waals surface area contributed by atoms with Crippen LogP contribution in [0.3, 0.4) is 0 Å². The van der Waals surface area contributed by atoms with Gasteiger partial charge in [-0.25, -0.2) is 0 Å². The van der Waals surface area contributed by atoms with Crippen LogP contribution in [0.5, 0.6) is 0 Å². The van der Waals surface area contributed by atoms with Crippen LogP contribution in [0, 0.1) is 6.92 Å². The van der Waals surface area contributed by atoms with Gasteiger partial charge in [0.15, 0.2) is 0 Å². The van der Waals surface area contributed by atoms with Crippen molar-refractivity contribution in [3.63, 3.8) is 0 Å². The minimum absolute atomic E-state index is 0.0410. The van der Waals surface area contributed by atoms with Crippen molar-refractivity contribution in [2.24, 2.45) is 0 Å². The number of hydrogen-bond acceptors (Lipinski definition) is 2. The molecule has 0 heterocycles. The van der Waals surface area contributed by atoms with E-state index in [1.165, 1.54) is 0 Å². The van der Waals surface area contributed by atoms with Crippen molar-refractivity contribution in [2.45, 2.75) is 39.2 Å². The highest BCUT2D eigenvalue weighted by molar-refractivity contribution is 6.31. The van der Waals surface area contributed by atoms with Gasteiger partial charge in [-0.15, -0.1) is 0 Å². The van der Waals surface area contributed by atoms with Crippen molar-refractivity contribution in [3.05, 3.63) is 28.8 Å². The number of carbonyl (C=O) groups excluding carboxylic acids is 2. The van der Waals surface area contributed by atoms with E-state index in [0.29, 0.717) is 24.0 Å². The molecule has 1 N–H and O–H groups in total. The van der Waals surface area contributed by atoms with Crippen LogP contribution in [-0.4, -0.2) is 29.3 Å². The van der Waals surface area contributed by atoms with Gasteiger partial charge in [0, 0.05) is 36.6 Å². The molecule has 0 atom stereocenters. The molecule has 0 radical (unpaired) electrons. The predicted octanol–water partition coefficient (Wildman–Crippen LogP) is 2.99. The van der Waals surface area contributed by atoms with Crippen LogP contribution >= 0.6 is 11.6 Å². The smallest absolute Gasteiger partial charge is 0.226 e. The monoisotopic (exact) mass is 294 g/mol. The third kappa shape index (κ3) is 3.73. The predicted molar refractivity (Wildman–Crippen MR) is 79.8 cm³/mol. The Balaban J connectivity index is 1.89. The van der Waals surface area contributed by atoms with E-state index < -0.39 is 0 Å². The summed E-state index contributed by atoms with van der Waals surface area (Å²) in [7, 11) is 0. The second-order valence-corrected chi connectivity index (χ2v) is 5.56. The Morgan fingerprint density at radius 3 is 2.70 bits per heavy atom. The van der Waals surface area contributed by atoms with Gasteiger partial charge < -0.3 is 10.2 Å². The molecule has 0 spiro atoms. The number of nitrogens with one attached hydrogen (secondary N) is 1. The molecule has 0 saturated heterocycles. The molecule has 4 nitrogen and oxygen atoms in total. The third-order valence-corrected chi connectivity index (χ3v) is 3.92. The molecule has 108 valence electrons. The third-order valence-electron chi connectivity index (χ3n) is 3.51. The van der Waals surface area contributed by atoms with Gasteiger partial charge in [0.1, 0.15) is 0 Å². The fourth-order valence-electron chi connectivity index (χ4n) is 2.16. The summed E-state index contributed by atoms with van der Waals surface area (Å²) in [5.41, 5.74) is 1.58. The molecule has 20 heavy (non-hydrogen) atoms. The molecule has 1 aromatic rings. The average Bonchev–Trinajstić information content (AvgIpc) is 3.19. The van der Waals surface area contributed by atoms with E-state index in [4.69, 9.17) is 11.6 Å². The zero-order chi connectivity index (χ0) is 14.7. The van der Waals surface area contributed by atoms with Crippen molar-refractivity contribution in [2.75, 3.05) is 11.9 Å². The molecule has 5 heteroatoms. The van der Waals surface area contributed by atoms with Crippen LogP contribution in [0.15, 0.2) is 18.2 Å². The van der Waals surface area contributed by atoms with Crippen LogP contribution < -0.4 is 5.32 Å². The molecule has 0 aliphatic heterocycles. The highest BCUT2D eigenvalue weighted by Gasteiger charge is 2.30. The SMILES string of the molecule is CC(=O)N(CCC(=O)Nc1cccc(Cl)c1C)C1CC1. The van der Waals surface area contributed by atoms with E-state index in [1.807, 2.05) is 13.0 Å². The van der Waals surface area contributed by atoms with E-state index in [0.717, 1.165) is 24.1 Å². The lowest BCUT2D eigenvalue weighted by Gasteiger charge is -2.20. The second kappa shape index (κ2) is 6.27. The van der Waals surface area contributed by atoms with E-state index >= 15 is 0 Å². The van der Waals surface area contributed by atoms with E-state index in [-0.39, 0.29) is 11.8 Å². The number of benzene rings is 1. The van der Waals surface area contributed by atoms with E-state index in [1.54, 1.807) is 24.0 Å². The maximum atomic E-state index is 12.0. The molecule has 1 fully saturated rings. The molecule has 0 unspecified atom stereocenters. The minimum Gasteiger partial charge on any atom is -0.339 e. The summed E-state index contributed by atoms with van der Waals surface area (Å²) in [5.74, 6) is -0.0542. The zero-order valence-corrected chi connectivity index (χ0v) is 12.5. The largest absolute Gasteiger partial charge is 0.339 e. The van der Waals surface area contributed by atoms with E-state index in [9.17, 15) is 9.59 Å². The number of nitrogens with zero attached hydrogens (tertiary/aromatic N) is 1. The Labute approximate surface area is 124 Å². The van der Waals surface area contributed by atoms with Crippen LogP contribution in [0.2, 0.25) is 5.02 Å². The second-order valence-electron chi connectivity index (χ2n) is 5.15. The Morgan fingerprint density at radius 1 is 1.40 bits per heavy atom. The number of amides is 2. The minimum atomic E-state index is -0.0951. The molecular formula is C15H19ClN2O2. The lowest BCUT2D eigenvalue weighted by Crippen LogP contribution is -2.33. The Kier molecular flexibility index (Phi) is 4.65. The van der Waals surface area contributed by atoms with Gasteiger partial charge in [0.05, 0.1) is 0 Å². The van der Waals surface area contributed by atoms with Gasteiger partial charge in [-0.1, -0.05) is 17.7 Å². The molecule has 2 rings (SSSR count). The van der Waals surface area contributed by atoms with Crippen LogP contribution in [0.1, 0.15) is 31.7 Å². The first-order valence-corrected chi connectivity index (χ1v) is 7.19. The molecule has 2 amide bonds. The molecule has 0 aromatic heterocycles. The molecule has 0 bridgehead atoms. The quantitative estimate of drug-likeness (QED) is 0.907. The van der Waals surface area contributed by atoms with Gasteiger partial charge in [0.2, 0.25) is 11.8 Å². The normalized spacial score (nSPS) is 13.9. The van der Waals surface area contributed by atoms with Gasteiger partial charge in [-0.05, 0) is 37.5 Å². The van der Waals surface area contributed by atoms with Gasteiger partial charge in [0.25, 0.3) is 0 Å². The first-order valence-electron chi connectivity index (χ1n) is 6.81.